The highest BCUT2D eigenvalue weighted by Crippen LogP contribution is 2.14. The van der Waals surface area contributed by atoms with Gasteiger partial charge in [0.2, 0.25) is 5.88 Å². The van der Waals surface area contributed by atoms with Crippen molar-refractivity contribution in [3.8, 4) is 5.88 Å². The van der Waals surface area contributed by atoms with Gasteiger partial charge in [0.1, 0.15) is 11.2 Å². The third-order valence-electron chi connectivity index (χ3n) is 3.04. The number of aromatic nitrogens is 5. The molecule has 0 aliphatic carbocycles. The smallest absolute Gasteiger partial charge is 0.252 e. The van der Waals surface area contributed by atoms with E-state index in [0.717, 1.165) is 5.69 Å². The molecule has 0 amide bonds. The van der Waals surface area contributed by atoms with E-state index in [1.807, 2.05) is 6.92 Å². The zero-order valence-corrected chi connectivity index (χ0v) is 11.6. The van der Waals surface area contributed by atoms with E-state index in [1.165, 1.54) is 23.9 Å². The number of rotatable bonds is 3. The average Bonchev–Trinajstić information content (AvgIpc) is 2.50. The number of pyridine rings is 1. The molecule has 0 aliphatic rings. The highest BCUT2D eigenvalue weighted by molar-refractivity contribution is 5.69. The van der Waals surface area contributed by atoms with E-state index in [0.29, 0.717) is 22.7 Å². The minimum absolute atomic E-state index is 0.171. The lowest BCUT2D eigenvalue weighted by molar-refractivity contribution is 0.387. The summed E-state index contributed by atoms with van der Waals surface area (Å²) in [6.07, 6.45) is 4.77. The number of fused-ring (bicyclic) bond motifs is 1. The number of nitrogens with zero attached hydrogens (tertiary/aromatic N) is 5. The molecule has 21 heavy (non-hydrogen) atoms. The summed E-state index contributed by atoms with van der Waals surface area (Å²) in [7, 11) is 1.52. The van der Waals surface area contributed by atoms with Gasteiger partial charge in [-0.15, -0.1) is 0 Å². The number of hydrogen-bond acceptors (Lipinski definition) is 6. The maximum atomic E-state index is 12.2. The second-order valence-electron chi connectivity index (χ2n) is 4.49. The molecule has 0 fully saturated rings. The third-order valence-corrected chi connectivity index (χ3v) is 3.04. The number of methoxy groups -OCH3 is 1. The van der Waals surface area contributed by atoms with Crippen molar-refractivity contribution in [1.29, 1.82) is 0 Å². The van der Waals surface area contributed by atoms with Crippen molar-refractivity contribution in [3.05, 3.63) is 52.5 Å². The Morgan fingerprint density at radius 2 is 2.00 bits per heavy atom. The molecule has 0 bridgehead atoms. The number of aryl methyl sites for hydroxylation is 1. The fourth-order valence-electron chi connectivity index (χ4n) is 2.07. The molecule has 0 spiro atoms. The SMILES string of the molecule is COc1nccnc1Cn1c(=O)ccc2ncc(C)nc21. The molecule has 0 unspecified atom stereocenters. The van der Waals surface area contributed by atoms with E-state index in [4.69, 9.17) is 4.74 Å². The Bertz CT molecular complexity index is 859. The quantitative estimate of drug-likeness (QED) is 0.711. The zero-order chi connectivity index (χ0) is 14.8. The minimum atomic E-state index is -0.171. The lowest BCUT2D eigenvalue weighted by Crippen LogP contribution is -2.22. The van der Waals surface area contributed by atoms with Crippen molar-refractivity contribution in [3.63, 3.8) is 0 Å². The van der Waals surface area contributed by atoms with E-state index in [2.05, 4.69) is 19.9 Å². The molecule has 106 valence electrons. The Balaban J connectivity index is 2.18. The van der Waals surface area contributed by atoms with Gasteiger partial charge in [0.05, 0.1) is 19.3 Å². The van der Waals surface area contributed by atoms with Crippen molar-refractivity contribution in [2.45, 2.75) is 13.5 Å². The van der Waals surface area contributed by atoms with Gasteiger partial charge in [-0.3, -0.25) is 19.3 Å². The summed E-state index contributed by atoms with van der Waals surface area (Å²) in [5.41, 5.74) is 2.32. The fourth-order valence-corrected chi connectivity index (χ4v) is 2.07. The van der Waals surface area contributed by atoms with Gasteiger partial charge in [-0.25, -0.2) is 9.97 Å². The molecule has 0 aliphatic heterocycles. The molecule has 0 saturated heterocycles. The van der Waals surface area contributed by atoms with Crippen molar-refractivity contribution in [1.82, 2.24) is 24.5 Å². The Labute approximate surface area is 120 Å². The summed E-state index contributed by atoms with van der Waals surface area (Å²) < 4.78 is 6.68. The first-order chi connectivity index (χ1) is 10.2. The highest BCUT2D eigenvalue weighted by Gasteiger charge is 2.11. The molecule has 0 aromatic carbocycles. The average molecular weight is 283 g/mol. The van der Waals surface area contributed by atoms with Crippen LogP contribution in [-0.2, 0) is 6.54 Å². The normalized spacial score (nSPS) is 10.8. The van der Waals surface area contributed by atoms with E-state index in [1.54, 1.807) is 18.5 Å². The highest BCUT2D eigenvalue weighted by atomic mass is 16.5. The van der Waals surface area contributed by atoms with Gasteiger partial charge in [0.25, 0.3) is 5.56 Å². The van der Waals surface area contributed by atoms with Gasteiger partial charge in [-0.2, -0.15) is 0 Å². The summed E-state index contributed by atoms with van der Waals surface area (Å²) >= 11 is 0. The van der Waals surface area contributed by atoms with Crippen LogP contribution < -0.4 is 10.3 Å². The second kappa shape index (κ2) is 5.28. The van der Waals surface area contributed by atoms with Crippen molar-refractivity contribution < 1.29 is 4.74 Å². The molecule has 3 aromatic heterocycles. The van der Waals surface area contributed by atoms with Crippen molar-refractivity contribution in [2.75, 3.05) is 7.11 Å². The van der Waals surface area contributed by atoms with Crippen LogP contribution in [0.5, 0.6) is 5.88 Å². The topological polar surface area (TPSA) is 82.8 Å². The van der Waals surface area contributed by atoms with Crippen LogP contribution in [0.3, 0.4) is 0 Å². The molecule has 7 heteroatoms. The molecule has 0 saturated carbocycles. The largest absolute Gasteiger partial charge is 0.480 e. The van der Waals surface area contributed by atoms with Crippen LogP contribution in [0, 0.1) is 6.92 Å². The Morgan fingerprint density at radius 3 is 2.81 bits per heavy atom. The summed E-state index contributed by atoms with van der Waals surface area (Å²) in [6, 6.07) is 3.13. The van der Waals surface area contributed by atoms with Crippen LogP contribution >= 0.6 is 0 Å². The van der Waals surface area contributed by atoms with E-state index in [-0.39, 0.29) is 12.1 Å². The van der Waals surface area contributed by atoms with E-state index < -0.39 is 0 Å². The molecule has 7 nitrogen and oxygen atoms in total. The Morgan fingerprint density at radius 1 is 1.19 bits per heavy atom. The fraction of sp³-hybridized carbons (Fsp3) is 0.214. The molecule has 0 N–H and O–H groups in total. The number of hydrogen-bond donors (Lipinski definition) is 0. The maximum absolute atomic E-state index is 12.2. The van der Waals surface area contributed by atoms with Gasteiger partial charge < -0.3 is 4.74 Å². The van der Waals surface area contributed by atoms with Crippen LogP contribution in [0.25, 0.3) is 11.2 Å². The lowest BCUT2D eigenvalue weighted by atomic mass is 10.3. The minimum Gasteiger partial charge on any atom is -0.480 e. The standard InChI is InChI=1S/C14H13N5O2/c1-9-7-17-10-3-4-12(20)19(13(10)18-9)8-11-14(21-2)16-6-5-15-11/h3-7H,8H2,1-2H3. The lowest BCUT2D eigenvalue weighted by Gasteiger charge is -2.10. The van der Waals surface area contributed by atoms with Crippen molar-refractivity contribution in [2.24, 2.45) is 0 Å². The molecule has 3 heterocycles. The Hall–Kier alpha value is -2.83. The monoisotopic (exact) mass is 283 g/mol. The molecule has 3 rings (SSSR count). The third kappa shape index (κ3) is 2.45. The van der Waals surface area contributed by atoms with Crippen LogP contribution in [-0.4, -0.2) is 31.6 Å². The molecule has 3 aromatic rings. The molecular weight excluding hydrogens is 270 g/mol. The first kappa shape index (κ1) is 13.2. The predicted molar refractivity (Wildman–Crippen MR) is 76.2 cm³/mol. The number of ether oxygens (including phenoxy) is 1. The van der Waals surface area contributed by atoms with Crippen LogP contribution in [0.4, 0.5) is 0 Å². The maximum Gasteiger partial charge on any atom is 0.252 e. The Kier molecular flexibility index (Phi) is 3.31. The second-order valence-corrected chi connectivity index (χ2v) is 4.49. The van der Waals surface area contributed by atoms with Gasteiger partial charge in [-0.1, -0.05) is 0 Å². The molecular formula is C14H13N5O2. The summed E-state index contributed by atoms with van der Waals surface area (Å²) in [5.74, 6) is 0.391. The predicted octanol–water partition coefficient (Wildman–Crippen LogP) is 0.947. The molecule has 0 radical (unpaired) electrons. The summed E-state index contributed by atoms with van der Waals surface area (Å²) in [4.78, 5) is 29.1. The van der Waals surface area contributed by atoms with Gasteiger partial charge in [-0.05, 0) is 13.0 Å². The van der Waals surface area contributed by atoms with Crippen LogP contribution in [0.1, 0.15) is 11.4 Å². The first-order valence-corrected chi connectivity index (χ1v) is 6.36. The summed E-state index contributed by atoms with van der Waals surface area (Å²) in [5, 5.41) is 0. The van der Waals surface area contributed by atoms with Crippen molar-refractivity contribution >= 4 is 11.2 Å². The van der Waals surface area contributed by atoms with Gasteiger partial charge >= 0.3 is 0 Å². The van der Waals surface area contributed by atoms with E-state index >= 15 is 0 Å². The summed E-state index contributed by atoms with van der Waals surface area (Å²) in [6.45, 7) is 2.06. The van der Waals surface area contributed by atoms with Crippen LogP contribution in [0.15, 0.2) is 35.5 Å². The van der Waals surface area contributed by atoms with Crippen LogP contribution in [0.2, 0.25) is 0 Å². The van der Waals surface area contributed by atoms with E-state index in [9.17, 15) is 4.79 Å². The first-order valence-electron chi connectivity index (χ1n) is 6.36. The van der Waals surface area contributed by atoms with Gasteiger partial charge in [0.15, 0.2) is 5.65 Å². The zero-order valence-electron chi connectivity index (χ0n) is 11.6. The van der Waals surface area contributed by atoms with Gasteiger partial charge in [0, 0.05) is 24.7 Å². The molecule has 0 atom stereocenters.